The summed E-state index contributed by atoms with van der Waals surface area (Å²) in [5.74, 6) is -0.318. The number of anilines is 1. The number of carbonyl (C=O) groups excluding carboxylic acids is 1. The van der Waals surface area contributed by atoms with E-state index in [1.807, 2.05) is 11.6 Å². The fourth-order valence-corrected chi connectivity index (χ4v) is 4.54. The van der Waals surface area contributed by atoms with E-state index in [0.29, 0.717) is 33.0 Å². The molecule has 9 heteroatoms. The van der Waals surface area contributed by atoms with Gasteiger partial charge in [-0.1, -0.05) is 23.2 Å². The van der Waals surface area contributed by atoms with E-state index in [1.165, 1.54) is 6.20 Å². The number of nitrogens with zero attached hydrogens (tertiary/aromatic N) is 5. The van der Waals surface area contributed by atoms with Crippen LogP contribution in [0.2, 0.25) is 10.0 Å². The lowest BCUT2D eigenvalue weighted by Crippen LogP contribution is -2.49. The average molecular weight is 475 g/mol. The standard InChI is InChI=1S/C23H28Cl2N6O/c1-15(2)30-11-8-29(9-12-30)10-13-31-22-20(16(3)28-31)21(25)19(14-26-22)23(32)27-18-6-4-17(24)5-7-18/h4-7,14-15H,8-13H2,1-3H3,(H,27,32). The van der Waals surface area contributed by atoms with Gasteiger partial charge in [0.05, 0.1) is 28.2 Å². The van der Waals surface area contributed by atoms with Crippen molar-refractivity contribution in [3.8, 4) is 0 Å². The van der Waals surface area contributed by atoms with Gasteiger partial charge in [-0.15, -0.1) is 0 Å². The van der Waals surface area contributed by atoms with E-state index in [9.17, 15) is 4.79 Å². The van der Waals surface area contributed by atoms with E-state index in [4.69, 9.17) is 23.2 Å². The highest BCUT2D eigenvalue weighted by Crippen LogP contribution is 2.29. The molecule has 1 aliphatic heterocycles. The molecule has 0 atom stereocenters. The topological polar surface area (TPSA) is 66.3 Å². The summed E-state index contributed by atoms with van der Waals surface area (Å²) in [6.45, 7) is 12.3. The molecule has 0 bridgehead atoms. The van der Waals surface area contributed by atoms with Gasteiger partial charge in [0.15, 0.2) is 5.65 Å². The van der Waals surface area contributed by atoms with Crippen molar-refractivity contribution in [2.75, 3.05) is 38.0 Å². The molecule has 1 aliphatic rings. The number of amides is 1. The van der Waals surface area contributed by atoms with E-state index in [0.717, 1.165) is 50.3 Å². The number of aryl methyl sites for hydroxylation is 1. The number of pyridine rings is 1. The minimum Gasteiger partial charge on any atom is -0.322 e. The molecule has 1 amide bonds. The molecule has 7 nitrogen and oxygen atoms in total. The van der Waals surface area contributed by atoms with Gasteiger partial charge in [-0.05, 0) is 45.0 Å². The minimum absolute atomic E-state index is 0.318. The number of rotatable bonds is 6. The molecular formula is C23H28Cl2N6O. The van der Waals surface area contributed by atoms with Crippen LogP contribution in [0.5, 0.6) is 0 Å². The number of aromatic nitrogens is 3. The molecule has 0 saturated carbocycles. The van der Waals surface area contributed by atoms with Crippen LogP contribution in [0.15, 0.2) is 30.5 Å². The first-order valence-electron chi connectivity index (χ1n) is 10.9. The predicted octanol–water partition coefficient (Wildman–Crippen LogP) is 4.32. The molecule has 2 aromatic heterocycles. The van der Waals surface area contributed by atoms with Crippen LogP contribution in [0, 0.1) is 6.92 Å². The summed E-state index contributed by atoms with van der Waals surface area (Å²) in [6, 6.07) is 7.51. The highest BCUT2D eigenvalue weighted by Gasteiger charge is 2.21. The Bertz CT molecular complexity index is 1100. The van der Waals surface area contributed by atoms with E-state index in [-0.39, 0.29) is 5.91 Å². The summed E-state index contributed by atoms with van der Waals surface area (Å²) in [6.07, 6.45) is 1.52. The van der Waals surface area contributed by atoms with Crippen molar-refractivity contribution in [2.45, 2.75) is 33.4 Å². The van der Waals surface area contributed by atoms with E-state index in [2.05, 4.69) is 39.0 Å². The lowest BCUT2D eigenvalue weighted by molar-refractivity contribution is 0.102. The summed E-state index contributed by atoms with van der Waals surface area (Å²) in [4.78, 5) is 22.3. The van der Waals surface area contributed by atoms with Crippen LogP contribution in [0.3, 0.4) is 0 Å². The van der Waals surface area contributed by atoms with Gasteiger partial charge in [0.25, 0.3) is 5.91 Å². The van der Waals surface area contributed by atoms with Crippen LogP contribution >= 0.6 is 23.2 Å². The first-order chi connectivity index (χ1) is 15.3. The minimum atomic E-state index is -0.318. The first kappa shape index (κ1) is 23.0. The van der Waals surface area contributed by atoms with Gasteiger partial charge in [-0.2, -0.15) is 5.10 Å². The Labute approximate surface area is 198 Å². The number of hydrogen-bond donors (Lipinski definition) is 1. The van der Waals surface area contributed by atoms with Crippen LogP contribution in [-0.2, 0) is 6.54 Å². The Morgan fingerprint density at radius 1 is 1.09 bits per heavy atom. The Kier molecular flexibility index (Phi) is 7.00. The fraction of sp³-hybridized carbons (Fsp3) is 0.435. The van der Waals surface area contributed by atoms with Crippen molar-refractivity contribution in [3.05, 3.63) is 51.8 Å². The lowest BCUT2D eigenvalue weighted by Gasteiger charge is -2.36. The van der Waals surface area contributed by atoms with Crippen molar-refractivity contribution >= 4 is 45.8 Å². The van der Waals surface area contributed by atoms with Gasteiger partial charge in [-0.3, -0.25) is 14.6 Å². The summed E-state index contributed by atoms with van der Waals surface area (Å²) in [5, 5.41) is 9.19. The molecule has 170 valence electrons. The van der Waals surface area contributed by atoms with Crippen molar-refractivity contribution in [1.29, 1.82) is 0 Å². The SMILES string of the molecule is Cc1nn(CCN2CCN(C(C)C)CC2)c2ncc(C(=O)Nc3ccc(Cl)cc3)c(Cl)c12. The molecular weight excluding hydrogens is 447 g/mol. The number of nitrogens with one attached hydrogen (secondary N) is 1. The molecule has 0 radical (unpaired) electrons. The van der Waals surface area contributed by atoms with Gasteiger partial charge in [0.1, 0.15) is 0 Å². The molecule has 3 aromatic rings. The lowest BCUT2D eigenvalue weighted by atomic mass is 10.2. The maximum Gasteiger partial charge on any atom is 0.258 e. The second-order valence-electron chi connectivity index (χ2n) is 8.43. The largest absolute Gasteiger partial charge is 0.322 e. The van der Waals surface area contributed by atoms with Crippen molar-refractivity contribution in [3.63, 3.8) is 0 Å². The van der Waals surface area contributed by atoms with Crippen molar-refractivity contribution in [2.24, 2.45) is 0 Å². The van der Waals surface area contributed by atoms with Gasteiger partial charge in [-0.25, -0.2) is 9.67 Å². The van der Waals surface area contributed by atoms with Crippen LogP contribution in [0.1, 0.15) is 29.9 Å². The zero-order valence-corrected chi connectivity index (χ0v) is 20.1. The normalized spacial score (nSPS) is 15.6. The molecule has 1 N–H and O–H groups in total. The summed E-state index contributed by atoms with van der Waals surface area (Å²) in [7, 11) is 0. The Morgan fingerprint density at radius 3 is 2.44 bits per heavy atom. The maximum absolute atomic E-state index is 12.8. The average Bonchev–Trinajstić information content (AvgIpc) is 3.10. The maximum atomic E-state index is 12.8. The monoisotopic (exact) mass is 474 g/mol. The number of hydrogen-bond acceptors (Lipinski definition) is 5. The number of benzene rings is 1. The van der Waals surface area contributed by atoms with Crippen LogP contribution < -0.4 is 5.32 Å². The zero-order valence-electron chi connectivity index (χ0n) is 18.6. The molecule has 1 fully saturated rings. The van der Waals surface area contributed by atoms with Gasteiger partial charge in [0, 0.05) is 55.7 Å². The second kappa shape index (κ2) is 9.75. The third kappa shape index (κ3) is 4.91. The molecule has 4 rings (SSSR count). The molecule has 0 spiro atoms. The van der Waals surface area contributed by atoms with E-state index >= 15 is 0 Å². The molecule has 1 saturated heterocycles. The smallest absolute Gasteiger partial charge is 0.258 e. The van der Waals surface area contributed by atoms with Crippen LogP contribution in [-0.4, -0.2) is 69.2 Å². The highest BCUT2D eigenvalue weighted by molar-refractivity contribution is 6.39. The predicted molar refractivity (Wildman–Crippen MR) is 130 cm³/mol. The first-order valence-corrected chi connectivity index (χ1v) is 11.6. The highest BCUT2D eigenvalue weighted by atomic mass is 35.5. The van der Waals surface area contributed by atoms with Gasteiger partial charge in [0.2, 0.25) is 0 Å². The van der Waals surface area contributed by atoms with E-state index < -0.39 is 0 Å². The van der Waals surface area contributed by atoms with Gasteiger partial charge >= 0.3 is 0 Å². The number of halogens is 2. The summed E-state index contributed by atoms with van der Waals surface area (Å²) in [5.41, 5.74) is 2.43. The Morgan fingerprint density at radius 2 is 1.78 bits per heavy atom. The Hall–Kier alpha value is -2.19. The Balaban J connectivity index is 1.48. The number of fused-ring (bicyclic) bond motifs is 1. The summed E-state index contributed by atoms with van der Waals surface area (Å²) >= 11 is 12.6. The third-order valence-corrected chi connectivity index (χ3v) is 6.63. The second-order valence-corrected chi connectivity index (χ2v) is 9.24. The quantitative estimate of drug-likeness (QED) is 0.575. The van der Waals surface area contributed by atoms with Crippen LogP contribution in [0.25, 0.3) is 11.0 Å². The molecule has 1 aromatic carbocycles. The zero-order chi connectivity index (χ0) is 22.8. The van der Waals surface area contributed by atoms with Crippen LogP contribution in [0.4, 0.5) is 5.69 Å². The molecule has 32 heavy (non-hydrogen) atoms. The number of carbonyl (C=O) groups is 1. The molecule has 3 heterocycles. The molecule has 0 aliphatic carbocycles. The van der Waals surface area contributed by atoms with Crippen molar-refractivity contribution in [1.82, 2.24) is 24.6 Å². The van der Waals surface area contributed by atoms with Gasteiger partial charge < -0.3 is 5.32 Å². The number of piperazine rings is 1. The summed E-state index contributed by atoms with van der Waals surface area (Å²) < 4.78 is 1.90. The fourth-order valence-electron chi connectivity index (χ4n) is 4.06. The third-order valence-electron chi connectivity index (χ3n) is 5.98. The molecule has 0 unspecified atom stereocenters. The van der Waals surface area contributed by atoms with E-state index in [1.54, 1.807) is 24.3 Å². The van der Waals surface area contributed by atoms with Crippen molar-refractivity contribution < 1.29 is 4.79 Å².